The molecule has 0 fully saturated rings. The van der Waals surface area contributed by atoms with Gasteiger partial charge in [-0.05, 0) is 20.8 Å². The van der Waals surface area contributed by atoms with Gasteiger partial charge in [-0.2, -0.15) is 0 Å². The summed E-state index contributed by atoms with van der Waals surface area (Å²) in [4.78, 5) is 13.4. The van der Waals surface area contributed by atoms with E-state index in [1.807, 2.05) is 20.8 Å². The summed E-state index contributed by atoms with van der Waals surface area (Å²) in [5, 5.41) is 0. The van der Waals surface area contributed by atoms with Crippen molar-refractivity contribution in [3.63, 3.8) is 0 Å². The molecule has 0 aliphatic heterocycles. The van der Waals surface area contributed by atoms with E-state index in [0.717, 1.165) is 0 Å². The predicted octanol–water partition coefficient (Wildman–Crippen LogP) is 3.08. The van der Waals surface area contributed by atoms with E-state index in [2.05, 4.69) is 0 Å². The monoisotopic (exact) mass is 267 g/mol. The second-order valence-corrected chi connectivity index (χ2v) is 5.11. The predicted molar refractivity (Wildman–Crippen MR) is 74.2 cm³/mol. The summed E-state index contributed by atoms with van der Waals surface area (Å²) < 4.78 is 15.6. The fourth-order valence-corrected chi connectivity index (χ4v) is 1.42. The molecule has 0 aliphatic rings. The number of hydrogen-bond acceptors (Lipinski definition) is 4. The van der Waals surface area contributed by atoms with Crippen LogP contribution in [0.3, 0.4) is 0 Å². The minimum Gasteiger partial charge on any atom is -0.497 e. The molecule has 0 aromatic heterocycles. The zero-order valence-corrected chi connectivity index (χ0v) is 12.3. The molecule has 1 aromatic rings. The minimum atomic E-state index is -0.533. The third-order valence-electron chi connectivity index (χ3n) is 2.39. The van der Waals surface area contributed by atoms with Crippen molar-refractivity contribution >= 4 is 11.8 Å². The fourth-order valence-electron chi connectivity index (χ4n) is 1.42. The lowest BCUT2D eigenvalue weighted by Crippen LogP contribution is -2.34. The summed E-state index contributed by atoms with van der Waals surface area (Å²) in [6.45, 7) is 5.47. The van der Waals surface area contributed by atoms with E-state index in [-0.39, 0.29) is 0 Å². The summed E-state index contributed by atoms with van der Waals surface area (Å²) in [6, 6.07) is 5.23. The lowest BCUT2D eigenvalue weighted by molar-refractivity contribution is 0.0589. The maximum atomic E-state index is 12.0. The zero-order chi connectivity index (χ0) is 14.6. The molecule has 0 spiro atoms. The van der Waals surface area contributed by atoms with Gasteiger partial charge in [-0.3, -0.25) is 4.90 Å². The Morgan fingerprint density at radius 2 is 1.53 bits per heavy atom. The number of ether oxygens (including phenoxy) is 3. The van der Waals surface area contributed by atoms with E-state index in [1.165, 1.54) is 4.90 Å². The lowest BCUT2D eigenvalue weighted by atomic mass is 10.2. The van der Waals surface area contributed by atoms with E-state index >= 15 is 0 Å². The van der Waals surface area contributed by atoms with Crippen molar-refractivity contribution in [1.82, 2.24) is 0 Å². The maximum absolute atomic E-state index is 12.0. The van der Waals surface area contributed by atoms with Gasteiger partial charge in [0.15, 0.2) is 0 Å². The van der Waals surface area contributed by atoms with Gasteiger partial charge < -0.3 is 14.2 Å². The molecule has 0 atom stereocenters. The van der Waals surface area contributed by atoms with Gasteiger partial charge in [-0.15, -0.1) is 0 Å². The molecule has 0 bridgehead atoms. The number of carbonyl (C=O) groups excluding carboxylic acids is 1. The Hall–Kier alpha value is -1.91. The second-order valence-electron chi connectivity index (χ2n) is 5.11. The first kappa shape index (κ1) is 15.1. The summed E-state index contributed by atoms with van der Waals surface area (Å²) in [5.41, 5.74) is 0.110. The van der Waals surface area contributed by atoms with Gasteiger partial charge in [0.25, 0.3) is 0 Å². The van der Waals surface area contributed by atoms with Crippen LogP contribution in [0.25, 0.3) is 0 Å². The Bertz CT molecular complexity index is 429. The van der Waals surface area contributed by atoms with E-state index in [1.54, 1.807) is 39.5 Å². The summed E-state index contributed by atoms with van der Waals surface area (Å²) in [6.07, 6.45) is -0.428. The Balaban J connectivity index is 2.98. The van der Waals surface area contributed by atoms with E-state index in [4.69, 9.17) is 14.2 Å². The van der Waals surface area contributed by atoms with Crippen molar-refractivity contribution in [3.8, 4) is 11.5 Å². The van der Waals surface area contributed by atoms with Crippen molar-refractivity contribution in [2.75, 3.05) is 26.2 Å². The molecule has 1 rings (SSSR count). The van der Waals surface area contributed by atoms with Crippen LogP contribution in [0, 0.1) is 0 Å². The number of amides is 1. The van der Waals surface area contributed by atoms with Crippen LogP contribution >= 0.6 is 0 Å². The molecule has 0 N–H and O–H groups in total. The summed E-state index contributed by atoms with van der Waals surface area (Å²) in [7, 11) is 4.76. The minimum absolute atomic E-state index is 0.428. The van der Waals surface area contributed by atoms with Crippen molar-refractivity contribution < 1.29 is 19.0 Å². The molecule has 0 saturated carbocycles. The highest BCUT2D eigenvalue weighted by atomic mass is 16.6. The van der Waals surface area contributed by atoms with E-state index in [0.29, 0.717) is 17.2 Å². The summed E-state index contributed by atoms with van der Waals surface area (Å²) >= 11 is 0. The molecular formula is C14H21NO4. The van der Waals surface area contributed by atoms with Crippen LogP contribution in [0.2, 0.25) is 0 Å². The Labute approximate surface area is 114 Å². The highest BCUT2D eigenvalue weighted by molar-refractivity contribution is 5.87. The normalized spacial score (nSPS) is 10.8. The highest BCUT2D eigenvalue weighted by Crippen LogP contribution is 2.28. The standard InChI is InChI=1S/C14H21NO4/c1-14(2,3)19-13(16)15(4)10-7-11(17-5)9-12(8-10)18-6/h7-9H,1-6H3. The molecule has 1 amide bonds. The quantitative estimate of drug-likeness (QED) is 0.844. The molecule has 5 nitrogen and oxygen atoms in total. The molecule has 1 aromatic carbocycles. The second kappa shape index (κ2) is 5.82. The largest absolute Gasteiger partial charge is 0.497 e. The van der Waals surface area contributed by atoms with Crippen LogP contribution in [-0.2, 0) is 4.74 Å². The van der Waals surface area contributed by atoms with Gasteiger partial charge in [0, 0.05) is 25.2 Å². The van der Waals surface area contributed by atoms with Crippen LogP contribution < -0.4 is 14.4 Å². The Morgan fingerprint density at radius 3 is 1.89 bits per heavy atom. The fraction of sp³-hybridized carbons (Fsp3) is 0.500. The van der Waals surface area contributed by atoms with Crippen LogP contribution in [0.15, 0.2) is 18.2 Å². The number of benzene rings is 1. The van der Waals surface area contributed by atoms with Crippen LogP contribution in [-0.4, -0.2) is 33.0 Å². The summed E-state index contributed by atoms with van der Waals surface area (Å²) in [5.74, 6) is 1.23. The van der Waals surface area contributed by atoms with Gasteiger partial charge >= 0.3 is 6.09 Å². The van der Waals surface area contributed by atoms with E-state index < -0.39 is 11.7 Å². The van der Waals surface area contributed by atoms with Gasteiger partial charge in [0.05, 0.1) is 19.9 Å². The molecule has 19 heavy (non-hydrogen) atoms. The SMILES string of the molecule is COc1cc(OC)cc(N(C)C(=O)OC(C)(C)C)c1. The molecule has 0 aliphatic carbocycles. The topological polar surface area (TPSA) is 48.0 Å². The smallest absolute Gasteiger partial charge is 0.414 e. The van der Waals surface area contributed by atoms with Crippen LogP contribution in [0.5, 0.6) is 11.5 Å². The molecular weight excluding hydrogens is 246 g/mol. The van der Waals surface area contributed by atoms with Crippen molar-refractivity contribution in [1.29, 1.82) is 0 Å². The number of hydrogen-bond donors (Lipinski definition) is 0. The molecule has 0 heterocycles. The van der Waals surface area contributed by atoms with Crippen molar-refractivity contribution in [3.05, 3.63) is 18.2 Å². The van der Waals surface area contributed by atoms with Gasteiger partial charge in [0.2, 0.25) is 0 Å². The highest BCUT2D eigenvalue weighted by Gasteiger charge is 2.21. The molecule has 0 radical (unpaired) electrons. The molecule has 5 heteroatoms. The van der Waals surface area contributed by atoms with Crippen LogP contribution in [0.4, 0.5) is 10.5 Å². The van der Waals surface area contributed by atoms with Gasteiger partial charge in [0.1, 0.15) is 17.1 Å². The first-order valence-corrected chi connectivity index (χ1v) is 5.96. The number of nitrogens with zero attached hydrogens (tertiary/aromatic N) is 1. The lowest BCUT2D eigenvalue weighted by Gasteiger charge is -2.25. The molecule has 0 unspecified atom stereocenters. The average Bonchev–Trinajstić information content (AvgIpc) is 2.35. The molecule has 0 saturated heterocycles. The van der Waals surface area contributed by atoms with Gasteiger partial charge in [-0.25, -0.2) is 4.79 Å². The number of carbonyl (C=O) groups is 1. The number of anilines is 1. The number of methoxy groups -OCH3 is 2. The average molecular weight is 267 g/mol. The first-order valence-electron chi connectivity index (χ1n) is 5.96. The number of rotatable bonds is 3. The van der Waals surface area contributed by atoms with Gasteiger partial charge in [-0.1, -0.05) is 0 Å². The molecule has 106 valence electrons. The first-order chi connectivity index (χ1) is 8.76. The van der Waals surface area contributed by atoms with Crippen molar-refractivity contribution in [2.45, 2.75) is 26.4 Å². The third-order valence-corrected chi connectivity index (χ3v) is 2.39. The maximum Gasteiger partial charge on any atom is 0.414 e. The van der Waals surface area contributed by atoms with Crippen LogP contribution in [0.1, 0.15) is 20.8 Å². The van der Waals surface area contributed by atoms with E-state index in [9.17, 15) is 4.79 Å². The third kappa shape index (κ3) is 4.35. The Morgan fingerprint density at radius 1 is 1.05 bits per heavy atom. The van der Waals surface area contributed by atoms with Crippen molar-refractivity contribution in [2.24, 2.45) is 0 Å². The zero-order valence-electron chi connectivity index (χ0n) is 12.3. The Kier molecular flexibility index (Phi) is 4.64.